The van der Waals surface area contributed by atoms with Crippen molar-refractivity contribution < 1.29 is 14.0 Å². The Morgan fingerprint density at radius 1 is 1.19 bits per heavy atom. The van der Waals surface area contributed by atoms with Crippen LogP contribution in [0.3, 0.4) is 0 Å². The maximum Gasteiger partial charge on any atom is 0.238 e. The van der Waals surface area contributed by atoms with Crippen LogP contribution in [-0.4, -0.2) is 18.2 Å². The number of hydrogen-bond acceptors (Lipinski definition) is 4. The summed E-state index contributed by atoms with van der Waals surface area (Å²) in [6.45, 7) is 3.52. The van der Waals surface area contributed by atoms with Crippen molar-refractivity contribution in [2.75, 3.05) is 11.9 Å². The first kappa shape index (κ1) is 15.0. The molecule has 5 heteroatoms. The summed E-state index contributed by atoms with van der Waals surface area (Å²) in [7, 11) is 0. The molecular formula is C16H18N2O3. The molecule has 0 saturated carbocycles. The SMILES string of the molecule is CC(=O)c1ccccc1NC(=O)CN[C@H](C)c1ccco1. The van der Waals surface area contributed by atoms with E-state index in [-0.39, 0.29) is 24.3 Å². The average Bonchev–Trinajstić information content (AvgIpc) is 2.99. The average molecular weight is 286 g/mol. The van der Waals surface area contributed by atoms with Crippen molar-refractivity contribution in [1.29, 1.82) is 0 Å². The van der Waals surface area contributed by atoms with E-state index in [1.807, 2.05) is 13.0 Å². The van der Waals surface area contributed by atoms with Gasteiger partial charge in [0.1, 0.15) is 5.76 Å². The number of anilines is 1. The first-order valence-corrected chi connectivity index (χ1v) is 6.74. The van der Waals surface area contributed by atoms with E-state index in [0.717, 1.165) is 5.76 Å². The molecule has 1 heterocycles. The summed E-state index contributed by atoms with van der Waals surface area (Å²) in [5.74, 6) is 0.483. The number of carbonyl (C=O) groups excluding carboxylic acids is 2. The van der Waals surface area contributed by atoms with E-state index < -0.39 is 0 Å². The number of ketones is 1. The summed E-state index contributed by atoms with van der Waals surface area (Å²) in [6.07, 6.45) is 1.59. The number of amides is 1. The maximum absolute atomic E-state index is 11.9. The van der Waals surface area contributed by atoms with Crippen LogP contribution in [0.15, 0.2) is 47.1 Å². The first-order chi connectivity index (χ1) is 10.1. The Bertz CT molecular complexity index is 620. The smallest absolute Gasteiger partial charge is 0.238 e. The Morgan fingerprint density at radius 3 is 2.62 bits per heavy atom. The van der Waals surface area contributed by atoms with Gasteiger partial charge in [-0.15, -0.1) is 0 Å². The molecule has 1 aromatic carbocycles. The third-order valence-electron chi connectivity index (χ3n) is 3.12. The molecule has 1 atom stereocenters. The monoisotopic (exact) mass is 286 g/mol. The molecule has 2 rings (SSSR count). The summed E-state index contributed by atoms with van der Waals surface area (Å²) >= 11 is 0. The summed E-state index contributed by atoms with van der Waals surface area (Å²) in [6, 6.07) is 10.5. The van der Waals surface area contributed by atoms with Gasteiger partial charge >= 0.3 is 0 Å². The predicted molar refractivity (Wildman–Crippen MR) is 80.2 cm³/mol. The van der Waals surface area contributed by atoms with E-state index in [1.165, 1.54) is 6.92 Å². The Hall–Kier alpha value is -2.40. The van der Waals surface area contributed by atoms with Crippen LogP contribution in [0.5, 0.6) is 0 Å². The third kappa shape index (κ3) is 4.03. The van der Waals surface area contributed by atoms with Crippen molar-refractivity contribution in [3.63, 3.8) is 0 Å². The lowest BCUT2D eigenvalue weighted by Gasteiger charge is -2.12. The van der Waals surface area contributed by atoms with Crippen molar-refractivity contribution in [3.05, 3.63) is 54.0 Å². The van der Waals surface area contributed by atoms with Gasteiger partial charge in [0.05, 0.1) is 24.5 Å². The largest absolute Gasteiger partial charge is 0.468 e. The van der Waals surface area contributed by atoms with Gasteiger partial charge in [-0.3, -0.25) is 14.9 Å². The quantitative estimate of drug-likeness (QED) is 0.801. The van der Waals surface area contributed by atoms with Gasteiger partial charge in [-0.25, -0.2) is 0 Å². The van der Waals surface area contributed by atoms with E-state index >= 15 is 0 Å². The van der Waals surface area contributed by atoms with E-state index in [4.69, 9.17) is 4.42 Å². The van der Waals surface area contributed by atoms with Gasteiger partial charge < -0.3 is 9.73 Å². The molecule has 0 aliphatic heterocycles. The Kier molecular flexibility index (Phi) is 4.90. The van der Waals surface area contributed by atoms with Crippen molar-refractivity contribution in [2.24, 2.45) is 0 Å². The molecule has 0 radical (unpaired) electrons. The van der Waals surface area contributed by atoms with Crippen LogP contribution in [0.2, 0.25) is 0 Å². The van der Waals surface area contributed by atoms with Crippen LogP contribution >= 0.6 is 0 Å². The molecule has 1 aromatic heterocycles. The Labute approximate surface area is 123 Å². The highest BCUT2D eigenvalue weighted by molar-refractivity contribution is 6.04. The zero-order chi connectivity index (χ0) is 15.2. The number of benzene rings is 1. The fraction of sp³-hybridized carbons (Fsp3) is 0.250. The lowest BCUT2D eigenvalue weighted by atomic mass is 10.1. The Balaban J connectivity index is 1.92. The molecule has 0 spiro atoms. The van der Waals surface area contributed by atoms with Crippen LogP contribution in [0.1, 0.15) is 36.0 Å². The topological polar surface area (TPSA) is 71.3 Å². The molecule has 21 heavy (non-hydrogen) atoms. The van der Waals surface area contributed by atoms with Gasteiger partial charge in [0, 0.05) is 5.56 Å². The first-order valence-electron chi connectivity index (χ1n) is 6.74. The normalized spacial score (nSPS) is 11.9. The molecule has 0 unspecified atom stereocenters. The van der Waals surface area contributed by atoms with Crippen molar-refractivity contribution >= 4 is 17.4 Å². The van der Waals surface area contributed by atoms with Gasteiger partial charge in [-0.05, 0) is 38.1 Å². The molecule has 0 aliphatic rings. The predicted octanol–water partition coefficient (Wildman–Crippen LogP) is 2.77. The van der Waals surface area contributed by atoms with E-state index in [9.17, 15) is 9.59 Å². The molecular weight excluding hydrogens is 268 g/mol. The number of hydrogen-bond donors (Lipinski definition) is 2. The molecule has 0 fully saturated rings. The summed E-state index contributed by atoms with van der Waals surface area (Å²) in [4.78, 5) is 23.4. The van der Waals surface area contributed by atoms with Crippen molar-refractivity contribution in [1.82, 2.24) is 5.32 Å². The number of Topliss-reactive ketones (excluding diaryl/α,β-unsaturated/α-hetero) is 1. The fourth-order valence-electron chi connectivity index (χ4n) is 1.98. The number of carbonyl (C=O) groups is 2. The molecule has 5 nitrogen and oxygen atoms in total. The summed E-state index contributed by atoms with van der Waals surface area (Å²) in [5, 5.41) is 5.80. The van der Waals surface area contributed by atoms with E-state index in [0.29, 0.717) is 11.3 Å². The van der Waals surface area contributed by atoms with Gasteiger partial charge in [-0.1, -0.05) is 12.1 Å². The van der Waals surface area contributed by atoms with E-state index in [1.54, 1.807) is 36.6 Å². The second-order valence-corrected chi connectivity index (χ2v) is 4.77. The van der Waals surface area contributed by atoms with Crippen LogP contribution in [0.25, 0.3) is 0 Å². The summed E-state index contributed by atoms with van der Waals surface area (Å²) < 4.78 is 5.26. The third-order valence-corrected chi connectivity index (χ3v) is 3.12. The molecule has 0 saturated heterocycles. The lowest BCUT2D eigenvalue weighted by Crippen LogP contribution is -2.30. The van der Waals surface area contributed by atoms with Crippen LogP contribution < -0.4 is 10.6 Å². The van der Waals surface area contributed by atoms with Gasteiger partial charge in [0.15, 0.2) is 5.78 Å². The minimum atomic E-state index is -0.206. The molecule has 1 amide bonds. The lowest BCUT2D eigenvalue weighted by molar-refractivity contribution is -0.115. The second-order valence-electron chi connectivity index (χ2n) is 4.77. The number of rotatable bonds is 6. The fourth-order valence-corrected chi connectivity index (χ4v) is 1.98. The minimum absolute atomic E-state index is 0.0613. The highest BCUT2D eigenvalue weighted by Crippen LogP contribution is 2.15. The maximum atomic E-state index is 11.9. The number of nitrogens with one attached hydrogen (secondary N) is 2. The molecule has 0 bridgehead atoms. The van der Waals surface area contributed by atoms with Crippen LogP contribution in [0.4, 0.5) is 5.69 Å². The minimum Gasteiger partial charge on any atom is -0.468 e. The van der Waals surface area contributed by atoms with Crippen molar-refractivity contribution in [2.45, 2.75) is 19.9 Å². The molecule has 2 aromatic rings. The summed E-state index contributed by atoms with van der Waals surface area (Å²) in [5.41, 5.74) is 1.03. The molecule has 110 valence electrons. The Morgan fingerprint density at radius 2 is 1.95 bits per heavy atom. The second kappa shape index (κ2) is 6.85. The zero-order valence-corrected chi connectivity index (χ0v) is 12.1. The van der Waals surface area contributed by atoms with Gasteiger partial charge in [0.25, 0.3) is 0 Å². The standard InChI is InChI=1S/C16H18N2O3/c1-11(15-8-5-9-21-15)17-10-16(20)18-14-7-4-3-6-13(14)12(2)19/h3-9,11,17H,10H2,1-2H3,(H,18,20)/t11-/m1/s1. The van der Waals surface area contributed by atoms with Crippen molar-refractivity contribution in [3.8, 4) is 0 Å². The number of para-hydroxylation sites is 1. The van der Waals surface area contributed by atoms with Gasteiger partial charge in [-0.2, -0.15) is 0 Å². The molecule has 0 aliphatic carbocycles. The highest BCUT2D eigenvalue weighted by atomic mass is 16.3. The highest BCUT2D eigenvalue weighted by Gasteiger charge is 2.12. The zero-order valence-electron chi connectivity index (χ0n) is 12.1. The van der Waals surface area contributed by atoms with Crippen LogP contribution in [-0.2, 0) is 4.79 Å². The number of furan rings is 1. The van der Waals surface area contributed by atoms with Gasteiger partial charge in [0.2, 0.25) is 5.91 Å². The molecule has 2 N–H and O–H groups in total. The van der Waals surface area contributed by atoms with E-state index in [2.05, 4.69) is 10.6 Å². The van der Waals surface area contributed by atoms with Crippen LogP contribution in [0, 0.1) is 0 Å².